The van der Waals surface area contributed by atoms with E-state index in [1.54, 1.807) is 4.90 Å². The third kappa shape index (κ3) is 9.59. The average molecular weight is 698 g/mol. The largest absolute Gasteiger partial charge is 0.497 e. The molecule has 0 aromatic heterocycles. The summed E-state index contributed by atoms with van der Waals surface area (Å²) >= 11 is 0. The van der Waals surface area contributed by atoms with E-state index in [-0.39, 0.29) is 56.1 Å². The predicted molar refractivity (Wildman–Crippen MR) is 155 cm³/mol. The van der Waals surface area contributed by atoms with E-state index >= 15 is 0 Å². The number of nitrogens with zero attached hydrogens (tertiary/aromatic N) is 1. The van der Waals surface area contributed by atoms with E-state index in [4.69, 9.17) is 4.74 Å². The molecule has 1 atom stereocenters. The number of carbonyl (C=O) groups excluding carboxylic acids is 5. The lowest BCUT2D eigenvalue weighted by Gasteiger charge is -2.30. The van der Waals surface area contributed by atoms with Crippen molar-refractivity contribution in [2.45, 2.75) is 43.8 Å². The lowest BCUT2D eigenvalue weighted by Crippen LogP contribution is -2.53. The van der Waals surface area contributed by atoms with Gasteiger partial charge in [0, 0.05) is 26.2 Å². The molecule has 0 unspecified atom stereocenters. The molecule has 0 spiro atoms. The highest BCUT2D eigenvalue weighted by Crippen LogP contribution is 2.50. The summed E-state index contributed by atoms with van der Waals surface area (Å²) in [5.41, 5.74) is -2.58. The summed E-state index contributed by atoms with van der Waals surface area (Å²) in [6.45, 7) is -2.21. The molecule has 1 aliphatic heterocycles. The zero-order valence-electron chi connectivity index (χ0n) is 25.4. The van der Waals surface area contributed by atoms with Crippen LogP contribution >= 0.6 is 0 Å². The van der Waals surface area contributed by atoms with Crippen molar-refractivity contribution in [3.8, 4) is 5.75 Å². The monoisotopic (exact) mass is 697 g/mol. The summed E-state index contributed by atoms with van der Waals surface area (Å²) in [5.74, 6) is -12.0. The van der Waals surface area contributed by atoms with Gasteiger partial charge in [0.05, 0.1) is 31.7 Å². The summed E-state index contributed by atoms with van der Waals surface area (Å²) in [4.78, 5) is 64.2. The molecule has 1 saturated heterocycles. The molecule has 2 aliphatic rings. The van der Waals surface area contributed by atoms with Crippen LogP contribution in [0.5, 0.6) is 5.75 Å². The van der Waals surface area contributed by atoms with Gasteiger partial charge in [-0.1, -0.05) is 25.0 Å². The van der Waals surface area contributed by atoms with Gasteiger partial charge in [-0.15, -0.1) is 0 Å². The fourth-order valence-electron chi connectivity index (χ4n) is 5.18. The molecule has 1 saturated carbocycles. The van der Waals surface area contributed by atoms with E-state index in [0.29, 0.717) is 5.75 Å². The molecule has 4 amide bonds. The second-order valence-electron chi connectivity index (χ2n) is 11.2. The highest BCUT2D eigenvalue weighted by atomic mass is 32.2. The number of ether oxygens (including phenoxy) is 1. The highest BCUT2D eigenvalue weighted by Gasteiger charge is 2.61. The fourth-order valence-corrected chi connectivity index (χ4v) is 6.45. The summed E-state index contributed by atoms with van der Waals surface area (Å²) in [6, 6.07) is 3.77. The van der Waals surface area contributed by atoms with Crippen LogP contribution in [0, 0.1) is 5.41 Å². The number of nitrogens with one attached hydrogen (secondary N) is 4. The van der Waals surface area contributed by atoms with E-state index in [1.807, 2.05) is 16.0 Å². The maximum atomic E-state index is 14.6. The number of amides is 4. The molecule has 0 bridgehead atoms. The normalized spacial score (nSPS) is 18.4. The molecule has 13 nitrogen and oxygen atoms in total. The van der Waals surface area contributed by atoms with Crippen LogP contribution in [0.4, 0.5) is 22.0 Å². The second kappa shape index (κ2) is 15.4. The average Bonchev–Trinajstić information content (AvgIpc) is 3.54. The number of alkyl halides is 5. The number of hydrogen-bond donors (Lipinski definition) is 4. The van der Waals surface area contributed by atoms with Gasteiger partial charge in [-0.25, -0.2) is 8.42 Å². The number of methoxy groups -OCH3 is 1. The van der Waals surface area contributed by atoms with Gasteiger partial charge in [0.15, 0.2) is 9.84 Å². The van der Waals surface area contributed by atoms with E-state index in [2.05, 4.69) is 5.32 Å². The lowest BCUT2D eigenvalue weighted by molar-refractivity contribution is -0.220. The van der Waals surface area contributed by atoms with Crippen molar-refractivity contribution in [3.05, 3.63) is 29.8 Å². The number of hydrogen-bond acceptors (Lipinski definition) is 9. The van der Waals surface area contributed by atoms with Crippen molar-refractivity contribution in [1.29, 1.82) is 0 Å². The number of benzene rings is 1. The second-order valence-corrected chi connectivity index (χ2v) is 13.5. The van der Waals surface area contributed by atoms with Crippen LogP contribution < -0.4 is 26.0 Å². The number of carbonyl (C=O) groups is 5. The summed E-state index contributed by atoms with van der Waals surface area (Å²) < 4.78 is 98.2. The number of halogens is 5. The first-order valence-electron chi connectivity index (χ1n) is 14.6. The molecule has 3 rings (SSSR count). The van der Waals surface area contributed by atoms with Crippen molar-refractivity contribution in [3.63, 3.8) is 0 Å². The van der Waals surface area contributed by atoms with Crippen LogP contribution in [0.2, 0.25) is 0 Å². The third-order valence-corrected chi connectivity index (χ3v) is 9.68. The number of ketones is 1. The maximum Gasteiger partial charge on any atom is 0.403 e. The highest BCUT2D eigenvalue weighted by molar-refractivity contribution is 7.91. The Labute approximate surface area is 267 Å². The molecule has 262 valence electrons. The van der Waals surface area contributed by atoms with Crippen molar-refractivity contribution in [2.24, 2.45) is 5.41 Å². The van der Waals surface area contributed by atoms with E-state index in [9.17, 15) is 54.3 Å². The molecular weight excluding hydrogens is 661 g/mol. The molecule has 1 aliphatic carbocycles. The minimum atomic E-state index is -4.85. The molecular formula is C28H36F5N5O8S. The summed E-state index contributed by atoms with van der Waals surface area (Å²) in [6.07, 6.45) is -5.39. The quantitative estimate of drug-likeness (QED) is 0.157. The smallest absolute Gasteiger partial charge is 0.403 e. The van der Waals surface area contributed by atoms with E-state index in [0.717, 1.165) is 0 Å². The molecule has 47 heavy (non-hydrogen) atoms. The minimum Gasteiger partial charge on any atom is -0.497 e. The fraction of sp³-hybridized carbons (Fsp3) is 0.607. The Morgan fingerprint density at radius 3 is 2.06 bits per heavy atom. The van der Waals surface area contributed by atoms with Gasteiger partial charge < -0.3 is 26.0 Å². The van der Waals surface area contributed by atoms with Crippen molar-refractivity contribution in [2.75, 3.05) is 57.9 Å². The third-order valence-electron chi connectivity index (χ3n) is 8.07. The predicted octanol–water partition coefficient (Wildman–Crippen LogP) is 0.259. The topological polar surface area (TPSA) is 180 Å². The van der Waals surface area contributed by atoms with Crippen molar-refractivity contribution >= 4 is 39.2 Å². The number of sulfone groups is 1. The molecule has 4 N–H and O–H groups in total. The molecule has 19 heteroatoms. The van der Waals surface area contributed by atoms with Crippen molar-refractivity contribution < 1.29 is 59.1 Å². The van der Waals surface area contributed by atoms with Crippen LogP contribution in [0.25, 0.3) is 0 Å². The first-order chi connectivity index (χ1) is 21.9. The Kier molecular flexibility index (Phi) is 12.3. The van der Waals surface area contributed by atoms with Gasteiger partial charge in [0.2, 0.25) is 23.5 Å². The number of Topliss-reactive ketones (excluding diaryl/α,β-unsaturated/α-hetero) is 1. The molecule has 1 heterocycles. The molecule has 1 aromatic rings. The summed E-state index contributed by atoms with van der Waals surface area (Å²) in [5, 5.41) is 8.01. The van der Waals surface area contributed by atoms with Gasteiger partial charge in [-0.05, 0) is 30.5 Å². The Morgan fingerprint density at radius 1 is 0.915 bits per heavy atom. The van der Waals surface area contributed by atoms with Gasteiger partial charge in [0.25, 0.3) is 5.91 Å². The SMILES string of the molecule is COc1ccc([C@H](NC(=O)CNC(=O)C2(C(F)(F)F)CCCC2)C(=O)NCC(=O)C(F)(F)C(=O)NCCN2CCS(=O)(=O)CC2)cc1. The van der Waals surface area contributed by atoms with Crippen LogP contribution in [-0.2, 0) is 33.8 Å². The number of rotatable bonds is 14. The van der Waals surface area contributed by atoms with Gasteiger partial charge in [-0.3, -0.25) is 28.9 Å². The van der Waals surface area contributed by atoms with Crippen LogP contribution in [-0.4, -0.2) is 113 Å². The van der Waals surface area contributed by atoms with Crippen molar-refractivity contribution in [1.82, 2.24) is 26.2 Å². The van der Waals surface area contributed by atoms with Gasteiger partial charge >= 0.3 is 12.1 Å². The van der Waals surface area contributed by atoms with E-state index < -0.39 is 88.7 Å². The summed E-state index contributed by atoms with van der Waals surface area (Å²) in [7, 11) is -1.82. The Morgan fingerprint density at radius 2 is 1.51 bits per heavy atom. The van der Waals surface area contributed by atoms with Crippen LogP contribution in [0.3, 0.4) is 0 Å². The first-order valence-corrected chi connectivity index (χ1v) is 16.4. The zero-order valence-corrected chi connectivity index (χ0v) is 26.2. The maximum absolute atomic E-state index is 14.6. The molecule has 1 aromatic carbocycles. The van der Waals surface area contributed by atoms with Gasteiger partial charge in [-0.2, -0.15) is 22.0 Å². The van der Waals surface area contributed by atoms with Crippen LogP contribution in [0.15, 0.2) is 24.3 Å². The molecule has 0 radical (unpaired) electrons. The minimum absolute atomic E-state index is 0.0587. The Bertz CT molecular complexity index is 1420. The van der Waals surface area contributed by atoms with Gasteiger partial charge in [0.1, 0.15) is 17.2 Å². The Balaban J connectivity index is 1.59. The van der Waals surface area contributed by atoms with Crippen LogP contribution in [0.1, 0.15) is 37.3 Å². The van der Waals surface area contributed by atoms with E-state index in [1.165, 1.54) is 31.4 Å². The lowest BCUT2D eigenvalue weighted by atomic mass is 9.84. The molecule has 2 fully saturated rings. The Hall–Kier alpha value is -3.87. The zero-order chi connectivity index (χ0) is 35.0. The standard InChI is InChI=1S/C28H36F5N5O8S/c1-46-19-6-4-18(5-7-19)22(37-21(40)17-36-24(42)26(28(31,32)33)8-2-3-9-26)23(41)35-16-20(39)27(29,30)25(43)34-10-11-38-12-14-47(44,45)15-13-38/h4-7,22H,2-3,8-17H2,1H3,(H,34,43)(H,35,41)(H,36,42)(H,37,40)/t22-/m0/s1. The first kappa shape index (κ1) is 37.6.